The van der Waals surface area contributed by atoms with Gasteiger partial charge in [0.1, 0.15) is 5.75 Å². The second-order valence-corrected chi connectivity index (χ2v) is 6.52. The second-order valence-electron chi connectivity index (χ2n) is 6.52. The predicted octanol–water partition coefficient (Wildman–Crippen LogP) is 1.11. The van der Waals surface area contributed by atoms with E-state index in [-0.39, 0.29) is 18.4 Å². The van der Waals surface area contributed by atoms with Gasteiger partial charge in [-0.25, -0.2) is 0 Å². The zero-order chi connectivity index (χ0) is 18.3. The molecule has 1 saturated heterocycles. The summed E-state index contributed by atoms with van der Waals surface area (Å²) in [6, 6.07) is 7.08. The number of nitrogens with zero attached hydrogens (tertiary/aromatic N) is 1. The van der Waals surface area contributed by atoms with Crippen LogP contribution in [0.2, 0.25) is 0 Å². The molecule has 0 saturated carbocycles. The first-order chi connectivity index (χ1) is 12.0. The molecule has 0 spiro atoms. The smallest absolute Gasteiger partial charge is 0.259 e. The summed E-state index contributed by atoms with van der Waals surface area (Å²) < 4.78 is 10.8. The van der Waals surface area contributed by atoms with E-state index in [1.54, 1.807) is 45.5 Å². The highest BCUT2D eigenvalue weighted by molar-refractivity contribution is 5.95. The molecule has 1 aromatic carbocycles. The molecule has 0 aromatic heterocycles. The third-order valence-electron chi connectivity index (χ3n) is 4.42. The van der Waals surface area contributed by atoms with Crippen LogP contribution in [-0.2, 0) is 14.3 Å². The van der Waals surface area contributed by atoms with Crippen LogP contribution < -0.4 is 15.4 Å². The number of anilines is 1. The number of carbonyl (C=O) groups is 2. The quantitative estimate of drug-likeness (QED) is 0.771. The Bertz CT molecular complexity index is 592. The maximum absolute atomic E-state index is 12.8. The molecule has 1 fully saturated rings. The Kier molecular flexibility index (Phi) is 6.78. The van der Waals surface area contributed by atoms with Crippen LogP contribution in [0, 0.1) is 5.41 Å². The minimum absolute atomic E-state index is 0.0380. The maximum Gasteiger partial charge on any atom is 0.259 e. The first kappa shape index (κ1) is 19.2. The van der Waals surface area contributed by atoms with E-state index in [9.17, 15) is 9.59 Å². The number of hydrogen-bond acceptors (Lipinski definition) is 5. The lowest BCUT2D eigenvalue weighted by Gasteiger charge is -2.35. The van der Waals surface area contributed by atoms with E-state index in [0.29, 0.717) is 18.0 Å². The van der Waals surface area contributed by atoms with Crippen LogP contribution in [0.5, 0.6) is 5.75 Å². The molecule has 0 radical (unpaired) electrons. The summed E-state index contributed by atoms with van der Waals surface area (Å²) in [5.41, 5.74) is 0.131. The molecular formula is C18H27N3O4. The molecule has 1 heterocycles. The Balaban J connectivity index is 2.02. The van der Waals surface area contributed by atoms with Gasteiger partial charge in [-0.1, -0.05) is 6.07 Å². The monoisotopic (exact) mass is 349 g/mol. The van der Waals surface area contributed by atoms with Crippen molar-refractivity contribution in [2.75, 3.05) is 52.8 Å². The van der Waals surface area contributed by atoms with Crippen molar-refractivity contribution < 1.29 is 19.1 Å². The van der Waals surface area contributed by atoms with Crippen molar-refractivity contribution in [2.45, 2.75) is 12.8 Å². The van der Waals surface area contributed by atoms with Gasteiger partial charge in [0, 0.05) is 33.0 Å². The average molecular weight is 349 g/mol. The van der Waals surface area contributed by atoms with E-state index in [2.05, 4.69) is 10.6 Å². The van der Waals surface area contributed by atoms with Crippen molar-refractivity contribution in [1.82, 2.24) is 10.2 Å². The molecule has 1 aliphatic rings. The Morgan fingerprint density at radius 1 is 1.28 bits per heavy atom. The zero-order valence-corrected chi connectivity index (χ0v) is 15.1. The standard InChI is InChI=1S/C18H27N3O4/c1-21(2)16(22)12-25-15-6-4-5-14(11-15)20-17(23)18(13-24-3)7-9-19-10-8-18/h4-6,11,19H,7-10,12-13H2,1-3H3,(H,20,23). The first-order valence-corrected chi connectivity index (χ1v) is 8.41. The number of likely N-dealkylation sites (N-methyl/N-ethyl adjacent to an activating group) is 1. The van der Waals surface area contributed by atoms with E-state index in [1.807, 2.05) is 0 Å². The van der Waals surface area contributed by atoms with E-state index >= 15 is 0 Å². The molecule has 1 aromatic rings. The highest BCUT2D eigenvalue weighted by Crippen LogP contribution is 2.31. The van der Waals surface area contributed by atoms with Gasteiger partial charge in [-0.3, -0.25) is 9.59 Å². The van der Waals surface area contributed by atoms with Crippen LogP contribution in [0.3, 0.4) is 0 Å². The molecule has 0 unspecified atom stereocenters. The summed E-state index contributed by atoms with van der Waals surface area (Å²) in [4.78, 5) is 25.9. The number of benzene rings is 1. The van der Waals surface area contributed by atoms with Crippen molar-refractivity contribution in [3.8, 4) is 5.75 Å². The fraction of sp³-hybridized carbons (Fsp3) is 0.556. The summed E-state index contributed by atoms with van der Waals surface area (Å²) in [6.45, 7) is 1.96. The van der Waals surface area contributed by atoms with Gasteiger partial charge in [-0.15, -0.1) is 0 Å². The lowest BCUT2D eigenvalue weighted by Crippen LogP contribution is -2.47. The normalized spacial score (nSPS) is 16.1. The van der Waals surface area contributed by atoms with Gasteiger partial charge >= 0.3 is 0 Å². The molecule has 7 heteroatoms. The van der Waals surface area contributed by atoms with Gasteiger partial charge in [0.05, 0.1) is 12.0 Å². The van der Waals surface area contributed by atoms with Crippen molar-refractivity contribution >= 4 is 17.5 Å². The maximum atomic E-state index is 12.8. The third kappa shape index (κ3) is 5.17. The highest BCUT2D eigenvalue weighted by atomic mass is 16.5. The number of nitrogens with one attached hydrogen (secondary N) is 2. The van der Waals surface area contributed by atoms with Gasteiger partial charge in [-0.2, -0.15) is 0 Å². The van der Waals surface area contributed by atoms with Crippen LogP contribution in [0.1, 0.15) is 12.8 Å². The van der Waals surface area contributed by atoms with Crippen LogP contribution in [0.15, 0.2) is 24.3 Å². The number of carbonyl (C=O) groups excluding carboxylic acids is 2. The summed E-state index contributed by atoms with van der Waals surface area (Å²) in [5.74, 6) is 0.375. The fourth-order valence-corrected chi connectivity index (χ4v) is 2.82. The molecule has 2 amide bonds. The first-order valence-electron chi connectivity index (χ1n) is 8.41. The number of ether oxygens (including phenoxy) is 2. The van der Waals surface area contributed by atoms with Crippen molar-refractivity contribution in [3.63, 3.8) is 0 Å². The highest BCUT2D eigenvalue weighted by Gasteiger charge is 2.39. The second kappa shape index (κ2) is 8.82. The molecule has 0 aliphatic carbocycles. The molecule has 25 heavy (non-hydrogen) atoms. The molecule has 2 N–H and O–H groups in total. The molecular weight excluding hydrogens is 322 g/mol. The largest absolute Gasteiger partial charge is 0.484 e. The molecule has 138 valence electrons. The Hall–Kier alpha value is -2.12. The molecule has 0 atom stereocenters. The SMILES string of the molecule is COCC1(C(=O)Nc2cccc(OCC(=O)N(C)C)c2)CCNCC1. The lowest BCUT2D eigenvalue weighted by atomic mass is 9.78. The van der Waals surface area contributed by atoms with Crippen molar-refractivity contribution in [2.24, 2.45) is 5.41 Å². The number of methoxy groups -OCH3 is 1. The fourth-order valence-electron chi connectivity index (χ4n) is 2.82. The number of piperidine rings is 1. The number of amides is 2. The molecule has 7 nitrogen and oxygen atoms in total. The van der Waals surface area contributed by atoms with Gasteiger partial charge in [-0.05, 0) is 38.1 Å². The summed E-state index contributed by atoms with van der Waals surface area (Å²) in [7, 11) is 4.97. The molecule has 2 rings (SSSR count). The van der Waals surface area contributed by atoms with Crippen LogP contribution in [0.4, 0.5) is 5.69 Å². The Morgan fingerprint density at radius 3 is 2.64 bits per heavy atom. The van der Waals surface area contributed by atoms with Crippen LogP contribution in [0.25, 0.3) is 0 Å². The average Bonchev–Trinajstić information content (AvgIpc) is 2.61. The predicted molar refractivity (Wildman–Crippen MR) is 95.7 cm³/mol. The zero-order valence-electron chi connectivity index (χ0n) is 15.1. The summed E-state index contributed by atoms with van der Waals surface area (Å²) >= 11 is 0. The van der Waals surface area contributed by atoms with Gasteiger partial charge in [0.15, 0.2) is 6.61 Å². The number of hydrogen-bond donors (Lipinski definition) is 2. The van der Waals surface area contributed by atoms with E-state index < -0.39 is 5.41 Å². The van der Waals surface area contributed by atoms with Gasteiger partial charge in [0.25, 0.3) is 5.91 Å². The van der Waals surface area contributed by atoms with Crippen LogP contribution >= 0.6 is 0 Å². The molecule has 0 bridgehead atoms. The van der Waals surface area contributed by atoms with Crippen molar-refractivity contribution in [1.29, 1.82) is 0 Å². The third-order valence-corrected chi connectivity index (χ3v) is 4.42. The van der Waals surface area contributed by atoms with E-state index in [4.69, 9.17) is 9.47 Å². The lowest BCUT2D eigenvalue weighted by molar-refractivity contribution is -0.131. The summed E-state index contributed by atoms with van der Waals surface area (Å²) in [6.07, 6.45) is 1.47. The van der Waals surface area contributed by atoms with Crippen molar-refractivity contribution in [3.05, 3.63) is 24.3 Å². The Labute approximate surface area is 148 Å². The minimum Gasteiger partial charge on any atom is -0.484 e. The summed E-state index contributed by atoms with van der Waals surface area (Å²) in [5, 5.41) is 6.24. The van der Waals surface area contributed by atoms with E-state index in [1.165, 1.54) is 4.90 Å². The van der Waals surface area contributed by atoms with Gasteiger partial charge in [0.2, 0.25) is 5.91 Å². The van der Waals surface area contributed by atoms with E-state index in [0.717, 1.165) is 25.9 Å². The van der Waals surface area contributed by atoms with Gasteiger partial charge < -0.3 is 25.0 Å². The number of rotatable bonds is 7. The van der Waals surface area contributed by atoms with Crippen LogP contribution in [-0.4, -0.2) is 64.2 Å². The Morgan fingerprint density at radius 2 is 2.00 bits per heavy atom. The molecule has 1 aliphatic heterocycles. The topological polar surface area (TPSA) is 79.9 Å². The minimum atomic E-state index is -0.516.